The first kappa shape index (κ1) is 13.5. The van der Waals surface area contributed by atoms with Crippen LogP contribution in [0, 0.1) is 0 Å². The molecular weight excluding hydrogens is 278 g/mol. The lowest BCUT2D eigenvalue weighted by atomic mass is 9.98. The van der Waals surface area contributed by atoms with E-state index >= 15 is 0 Å². The number of anilines is 1. The van der Waals surface area contributed by atoms with E-state index in [1.807, 2.05) is 11.3 Å². The molecule has 2 fully saturated rings. The normalized spacial score (nSPS) is 28.1. The quantitative estimate of drug-likeness (QED) is 0.931. The Bertz CT molecular complexity index is 578. The highest BCUT2D eigenvalue weighted by atomic mass is 32.1. The number of fused-ring (bicyclic) bond motifs is 3. The predicted octanol–water partition coefficient (Wildman–Crippen LogP) is 3.80. The minimum absolute atomic E-state index is 0.671. The van der Waals surface area contributed by atoms with E-state index in [0.29, 0.717) is 6.04 Å². The Morgan fingerprint density at radius 1 is 1.24 bits per heavy atom. The number of hydrogen-bond acceptors (Lipinski definition) is 4. The van der Waals surface area contributed by atoms with Crippen molar-refractivity contribution in [1.29, 1.82) is 0 Å². The van der Waals surface area contributed by atoms with Crippen molar-refractivity contribution < 1.29 is 0 Å². The third-order valence-corrected chi connectivity index (χ3v) is 5.96. The summed E-state index contributed by atoms with van der Waals surface area (Å²) in [4.78, 5) is 7.50. The van der Waals surface area contributed by atoms with Crippen LogP contribution in [0.25, 0.3) is 10.2 Å². The first-order chi connectivity index (χ1) is 10.3. The number of piperidine rings is 1. The molecule has 0 amide bonds. The second kappa shape index (κ2) is 5.58. The minimum atomic E-state index is 0.671. The summed E-state index contributed by atoms with van der Waals surface area (Å²) >= 11 is 1.86. The van der Waals surface area contributed by atoms with Gasteiger partial charge in [0.15, 0.2) is 5.13 Å². The van der Waals surface area contributed by atoms with Crippen LogP contribution in [0.4, 0.5) is 5.13 Å². The Hall–Kier alpha value is -1.13. The lowest BCUT2D eigenvalue weighted by molar-refractivity contribution is 0.346. The average Bonchev–Trinajstić information content (AvgIpc) is 3.07. The van der Waals surface area contributed by atoms with E-state index in [1.165, 1.54) is 41.9 Å². The van der Waals surface area contributed by atoms with Crippen LogP contribution in [0.3, 0.4) is 0 Å². The Morgan fingerprint density at radius 3 is 2.71 bits per heavy atom. The van der Waals surface area contributed by atoms with E-state index < -0.39 is 0 Å². The second-order valence-corrected chi connectivity index (χ2v) is 7.43. The van der Waals surface area contributed by atoms with Gasteiger partial charge >= 0.3 is 0 Å². The van der Waals surface area contributed by atoms with Gasteiger partial charge in [-0.1, -0.05) is 30.4 Å². The minimum Gasteiger partial charge on any atom is -0.345 e. The zero-order valence-corrected chi connectivity index (χ0v) is 13.4. The average molecular weight is 301 g/mol. The summed E-state index contributed by atoms with van der Waals surface area (Å²) in [5.41, 5.74) is 1.15. The summed E-state index contributed by atoms with van der Waals surface area (Å²) in [5.74, 6) is 0. The summed E-state index contributed by atoms with van der Waals surface area (Å²) in [7, 11) is 0. The lowest BCUT2D eigenvalue weighted by Crippen LogP contribution is -2.48. The number of hydrogen-bond donors (Lipinski definition) is 1. The maximum absolute atomic E-state index is 4.90. The second-order valence-electron chi connectivity index (χ2n) is 6.42. The molecule has 0 spiro atoms. The molecule has 4 heteroatoms. The van der Waals surface area contributed by atoms with E-state index in [9.17, 15) is 0 Å². The monoisotopic (exact) mass is 301 g/mol. The third kappa shape index (κ3) is 2.55. The number of nitrogens with one attached hydrogen (secondary N) is 1. The van der Waals surface area contributed by atoms with Crippen molar-refractivity contribution in [1.82, 2.24) is 10.3 Å². The van der Waals surface area contributed by atoms with Gasteiger partial charge in [-0.3, -0.25) is 0 Å². The number of benzene rings is 1. The molecule has 0 saturated carbocycles. The van der Waals surface area contributed by atoms with Gasteiger partial charge in [0.1, 0.15) is 0 Å². The smallest absolute Gasteiger partial charge is 0.186 e. The van der Waals surface area contributed by atoms with Crippen LogP contribution in [0.5, 0.6) is 0 Å². The van der Waals surface area contributed by atoms with Gasteiger partial charge < -0.3 is 10.2 Å². The molecule has 0 radical (unpaired) electrons. The molecule has 2 unspecified atom stereocenters. The van der Waals surface area contributed by atoms with Crippen molar-refractivity contribution in [3.8, 4) is 0 Å². The molecule has 1 aromatic heterocycles. The van der Waals surface area contributed by atoms with Crippen molar-refractivity contribution in [3.05, 3.63) is 24.3 Å². The van der Waals surface area contributed by atoms with E-state index in [1.54, 1.807) is 0 Å². The highest BCUT2D eigenvalue weighted by Crippen LogP contribution is 2.35. The van der Waals surface area contributed by atoms with Gasteiger partial charge in [-0.25, -0.2) is 4.98 Å². The van der Waals surface area contributed by atoms with Crippen LogP contribution < -0.4 is 10.2 Å². The van der Waals surface area contributed by atoms with Crippen LogP contribution in [-0.2, 0) is 0 Å². The number of aromatic nitrogens is 1. The zero-order valence-electron chi connectivity index (χ0n) is 12.6. The summed E-state index contributed by atoms with van der Waals surface area (Å²) in [6.45, 7) is 3.40. The molecular formula is C17H23N3S. The van der Waals surface area contributed by atoms with E-state index in [0.717, 1.165) is 24.1 Å². The maximum atomic E-state index is 4.90. The molecule has 2 saturated heterocycles. The van der Waals surface area contributed by atoms with Crippen molar-refractivity contribution in [3.63, 3.8) is 0 Å². The molecule has 112 valence electrons. The van der Waals surface area contributed by atoms with Gasteiger partial charge in [-0.2, -0.15) is 0 Å². The first-order valence-corrected chi connectivity index (χ1v) is 9.03. The van der Waals surface area contributed by atoms with Crippen LogP contribution in [-0.4, -0.2) is 29.7 Å². The van der Waals surface area contributed by atoms with Crippen LogP contribution in [0.2, 0.25) is 0 Å². The highest BCUT2D eigenvalue weighted by molar-refractivity contribution is 7.22. The summed E-state index contributed by atoms with van der Waals surface area (Å²) in [6, 6.07) is 10.7. The zero-order chi connectivity index (χ0) is 14.2. The van der Waals surface area contributed by atoms with E-state index in [4.69, 9.17) is 4.98 Å². The Labute approximate surface area is 130 Å². The topological polar surface area (TPSA) is 28.2 Å². The largest absolute Gasteiger partial charge is 0.345 e. The van der Waals surface area contributed by atoms with Gasteiger partial charge in [0.05, 0.1) is 10.2 Å². The molecule has 2 bridgehead atoms. The van der Waals surface area contributed by atoms with E-state index in [2.05, 4.69) is 41.4 Å². The van der Waals surface area contributed by atoms with Gasteiger partial charge in [-0.05, 0) is 44.2 Å². The lowest BCUT2D eigenvalue weighted by Gasteiger charge is -2.37. The first-order valence-electron chi connectivity index (χ1n) is 8.21. The molecule has 2 aliphatic rings. The molecule has 21 heavy (non-hydrogen) atoms. The van der Waals surface area contributed by atoms with Gasteiger partial charge in [-0.15, -0.1) is 0 Å². The van der Waals surface area contributed by atoms with Gasteiger partial charge in [0, 0.05) is 24.7 Å². The highest BCUT2D eigenvalue weighted by Gasteiger charge is 2.36. The Kier molecular flexibility index (Phi) is 3.59. The fourth-order valence-corrected chi connectivity index (χ4v) is 5.00. The fraction of sp³-hybridized carbons (Fsp3) is 0.588. The van der Waals surface area contributed by atoms with Crippen molar-refractivity contribution in [2.24, 2.45) is 0 Å². The Balaban J connectivity index is 1.64. The van der Waals surface area contributed by atoms with Crippen LogP contribution in [0.1, 0.15) is 39.0 Å². The van der Waals surface area contributed by atoms with Gasteiger partial charge in [0.25, 0.3) is 0 Å². The van der Waals surface area contributed by atoms with Gasteiger partial charge in [0.2, 0.25) is 0 Å². The molecule has 2 atom stereocenters. The molecule has 3 heterocycles. The maximum Gasteiger partial charge on any atom is 0.186 e. The number of para-hydroxylation sites is 1. The van der Waals surface area contributed by atoms with Crippen LogP contribution >= 0.6 is 11.3 Å². The third-order valence-electron chi connectivity index (χ3n) is 4.88. The fourth-order valence-electron chi connectivity index (χ4n) is 3.94. The molecule has 1 aromatic carbocycles. The summed E-state index contributed by atoms with van der Waals surface area (Å²) in [5, 5.41) is 4.98. The Morgan fingerprint density at radius 2 is 2.00 bits per heavy atom. The SMILES string of the molecule is CCCN(c1nc2ccccc2s1)C1CC2CCC(C1)N2. The summed E-state index contributed by atoms with van der Waals surface area (Å²) in [6.07, 6.45) is 6.48. The van der Waals surface area contributed by atoms with E-state index in [-0.39, 0.29) is 0 Å². The van der Waals surface area contributed by atoms with Crippen molar-refractivity contribution >= 4 is 26.7 Å². The molecule has 0 aliphatic carbocycles. The predicted molar refractivity (Wildman–Crippen MR) is 90.2 cm³/mol. The van der Waals surface area contributed by atoms with Crippen molar-refractivity contribution in [2.75, 3.05) is 11.4 Å². The van der Waals surface area contributed by atoms with Crippen molar-refractivity contribution in [2.45, 2.75) is 57.2 Å². The molecule has 2 aromatic rings. The summed E-state index contributed by atoms with van der Waals surface area (Å²) < 4.78 is 1.31. The molecule has 2 aliphatic heterocycles. The van der Waals surface area contributed by atoms with Crippen LogP contribution in [0.15, 0.2) is 24.3 Å². The molecule has 1 N–H and O–H groups in total. The molecule has 3 nitrogen and oxygen atoms in total. The number of rotatable bonds is 4. The number of nitrogens with zero attached hydrogens (tertiary/aromatic N) is 2. The standard InChI is InChI=1S/C17H23N3S/c1-2-9-20(14-10-12-7-8-13(11-14)18-12)17-19-15-5-3-4-6-16(15)21-17/h3-6,12-14,18H,2,7-11H2,1H3. The number of thiazole rings is 1. The molecule has 4 rings (SSSR count).